The fourth-order valence-electron chi connectivity index (χ4n) is 2.25. The molecule has 1 aliphatic rings. The SMILES string of the molecule is CNC(=O)C1(C)CCN(C(=O)N[C@@H](CCO)C(=O)O)C1. The number of urea groups is 1. The van der Waals surface area contributed by atoms with E-state index in [2.05, 4.69) is 10.6 Å². The lowest BCUT2D eigenvalue weighted by molar-refractivity contribution is -0.139. The summed E-state index contributed by atoms with van der Waals surface area (Å²) in [7, 11) is 1.54. The smallest absolute Gasteiger partial charge is 0.326 e. The number of likely N-dealkylation sites (tertiary alicyclic amines) is 1. The molecule has 8 nitrogen and oxygen atoms in total. The molecular weight excluding hydrogens is 266 g/mol. The van der Waals surface area contributed by atoms with Gasteiger partial charge in [-0.25, -0.2) is 9.59 Å². The van der Waals surface area contributed by atoms with E-state index in [1.165, 1.54) is 11.9 Å². The Hall–Kier alpha value is -1.83. The number of aliphatic hydroxyl groups excluding tert-OH is 1. The predicted octanol–water partition coefficient (Wildman–Crippen LogP) is -1.01. The normalized spacial score (nSPS) is 23.2. The minimum Gasteiger partial charge on any atom is -0.480 e. The molecule has 8 heteroatoms. The van der Waals surface area contributed by atoms with Crippen molar-refractivity contribution in [1.82, 2.24) is 15.5 Å². The first-order valence-electron chi connectivity index (χ1n) is 6.45. The first-order valence-corrected chi connectivity index (χ1v) is 6.45. The quantitative estimate of drug-likeness (QED) is 0.516. The van der Waals surface area contributed by atoms with Crippen LogP contribution < -0.4 is 10.6 Å². The number of amides is 3. The molecule has 1 saturated heterocycles. The van der Waals surface area contributed by atoms with Gasteiger partial charge in [-0.1, -0.05) is 0 Å². The molecule has 114 valence electrons. The third-order valence-electron chi connectivity index (χ3n) is 3.55. The fourth-order valence-corrected chi connectivity index (χ4v) is 2.25. The summed E-state index contributed by atoms with van der Waals surface area (Å²) in [6, 6.07) is -1.65. The van der Waals surface area contributed by atoms with E-state index in [0.29, 0.717) is 13.0 Å². The van der Waals surface area contributed by atoms with E-state index in [1.807, 2.05) is 0 Å². The van der Waals surface area contributed by atoms with Crippen LogP contribution >= 0.6 is 0 Å². The number of carbonyl (C=O) groups is 3. The number of carbonyl (C=O) groups excluding carboxylic acids is 2. The second-order valence-corrected chi connectivity index (χ2v) is 5.16. The molecule has 0 aromatic carbocycles. The highest BCUT2D eigenvalue weighted by Crippen LogP contribution is 2.29. The second-order valence-electron chi connectivity index (χ2n) is 5.16. The molecule has 1 rings (SSSR count). The standard InChI is InChI=1S/C12H21N3O5/c1-12(10(19)13-2)4-5-15(7-12)11(20)14-8(3-6-16)9(17)18/h8,16H,3-7H2,1-2H3,(H,13,19)(H,14,20)(H,17,18)/t8-,12?/m0/s1. The molecular formula is C12H21N3O5. The van der Waals surface area contributed by atoms with Gasteiger partial charge in [0.15, 0.2) is 0 Å². The molecule has 1 heterocycles. The number of hydrogen-bond acceptors (Lipinski definition) is 4. The van der Waals surface area contributed by atoms with Crippen molar-refractivity contribution < 1.29 is 24.6 Å². The van der Waals surface area contributed by atoms with Crippen molar-refractivity contribution in [3.63, 3.8) is 0 Å². The predicted molar refractivity (Wildman–Crippen MR) is 70.0 cm³/mol. The summed E-state index contributed by atoms with van der Waals surface area (Å²) < 4.78 is 0. The molecule has 0 aromatic heterocycles. The summed E-state index contributed by atoms with van der Waals surface area (Å²) in [6.45, 7) is 2.07. The van der Waals surface area contributed by atoms with E-state index in [0.717, 1.165) is 0 Å². The van der Waals surface area contributed by atoms with Crippen LogP contribution in [0.1, 0.15) is 19.8 Å². The molecule has 3 amide bonds. The molecule has 0 radical (unpaired) electrons. The van der Waals surface area contributed by atoms with E-state index in [4.69, 9.17) is 10.2 Å². The van der Waals surface area contributed by atoms with Crippen molar-refractivity contribution in [3.05, 3.63) is 0 Å². The average Bonchev–Trinajstić information content (AvgIpc) is 2.81. The van der Waals surface area contributed by atoms with Gasteiger partial charge in [-0.15, -0.1) is 0 Å². The lowest BCUT2D eigenvalue weighted by Gasteiger charge is -2.24. The van der Waals surface area contributed by atoms with E-state index in [9.17, 15) is 14.4 Å². The highest BCUT2D eigenvalue weighted by atomic mass is 16.4. The second kappa shape index (κ2) is 6.56. The van der Waals surface area contributed by atoms with Gasteiger partial charge in [-0.05, 0) is 13.3 Å². The van der Waals surface area contributed by atoms with Gasteiger partial charge in [-0.2, -0.15) is 0 Å². The molecule has 0 aliphatic carbocycles. The first kappa shape index (κ1) is 16.2. The molecule has 0 aromatic rings. The number of aliphatic hydroxyl groups is 1. The average molecular weight is 287 g/mol. The van der Waals surface area contributed by atoms with Gasteiger partial charge in [0.05, 0.1) is 5.41 Å². The molecule has 0 bridgehead atoms. The Balaban J connectivity index is 2.62. The topological polar surface area (TPSA) is 119 Å². The summed E-state index contributed by atoms with van der Waals surface area (Å²) in [5, 5.41) is 22.6. The molecule has 20 heavy (non-hydrogen) atoms. The van der Waals surface area contributed by atoms with Gasteiger partial charge < -0.3 is 25.7 Å². The largest absolute Gasteiger partial charge is 0.480 e. The lowest BCUT2D eigenvalue weighted by atomic mass is 9.89. The van der Waals surface area contributed by atoms with Crippen molar-refractivity contribution in [2.45, 2.75) is 25.8 Å². The summed E-state index contributed by atoms with van der Waals surface area (Å²) in [5.74, 6) is -1.33. The van der Waals surface area contributed by atoms with Crippen LogP contribution in [0.5, 0.6) is 0 Å². The maximum Gasteiger partial charge on any atom is 0.326 e. The van der Waals surface area contributed by atoms with Gasteiger partial charge in [0, 0.05) is 33.2 Å². The van der Waals surface area contributed by atoms with E-state index in [-0.39, 0.29) is 25.5 Å². The Morgan fingerprint density at radius 3 is 2.55 bits per heavy atom. The number of hydrogen-bond donors (Lipinski definition) is 4. The Labute approximate surface area is 117 Å². The zero-order chi connectivity index (χ0) is 15.3. The highest BCUT2D eigenvalue weighted by molar-refractivity contribution is 5.86. The summed E-state index contributed by atoms with van der Waals surface area (Å²) >= 11 is 0. The third kappa shape index (κ3) is 3.60. The number of nitrogens with zero attached hydrogens (tertiary/aromatic N) is 1. The van der Waals surface area contributed by atoms with Crippen LogP contribution in [0.25, 0.3) is 0 Å². The Kier molecular flexibility index (Phi) is 5.32. The minimum absolute atomic E-state index is 0.0539. The van der Waals surface area contributed by atoms with E-state index in [1.54, 1.807) is 6.92 Å². The van der Waals surface area contributed by atoms with Crippen molar-refractivity contribution in [1.29, 1.82) is 0 Å². The van der Waals surface area contributed by atoms with Gasteiger partial charge in [0.1, 0.15) is 6.04 Å². The summed E-state index contributed by atoms with van der Waals surface area (Å²) in [4.78, 5) is 36.0. The monoisotopic (exact) mass is 287 g/mol. The van der Waals surface area contributed by atoms with Crippen LogP contribution in [0.2, 0.25) is 0 Å². The molecule has 4 N–H and O–H groups in total. The number of aliphatic carboxylic acids is 1. The van der Waals surface area contributed by atoms with Crippen molar-refractivity contribution in [2.24, 2.45) is 5.41 Å². The van der Waals surface area contributed by atoms with Crippen LogP contribution in [0.15, 0.2) is 0 Å². The molecule has 1 unspecified atom stereocenters. The van der Waals surface area contributed by atoms with Crippen molar-refractivity contribution in [3.8, 4) is 0 Å². The van der Waals surface area contributed by atoms with Crippen LogP contribution in [-0.4, -0.2) is 65.8 Å². The van der Waals surface area contributed by atoms with Crippen molar-refractivity contribution in [2.75, 3.05) is 26.7 Å². The lowest BCUT2D eigenvalue weighted by Crippen LogP contribution is -2.49. The Morgan fingerprint density at radius 1 is 1.40 bits per heavy atom. The van der Waals surface area contributed by atoms with Crippen LogP contribution in [0, 0.1) is 5.41 Å². The number of carboxylic acid groups (broad SMARTS) is 1. The maximum atomic E-state index is 12.0. The van der Waals surface area contributed by atoms with Crippen LogP contribution in [0.3, 0.4) is 0 Å². The molecule has 0 saturated carbocycles. The van der Waals surface area contributed by atoms with Gasteiger partial charge in [0.2, 0.25) is 5.91 Å². The number of rotatable bonds is 5. The summed E-state index contributed by atoms with van der Waals surface area (Å²) in [6.07, 6.45) is 0.472. The zero-order valence-corrected chi connectivity index (χ0v) is 11.7. The van der Waals surface area contributed by atoms with Gasteiger partial charge in [-0.3, -0.25) is 4.79 Å². The summed E-state index contributed by atoms with van der Waals surface area (Å²) in [5.41, 5.74) is -0.651. The molecule has 0 spiro atoms. The van der Waals surface area contributed by atoms with E-state index >= 15 is 0 Å². The number of carboxylic acids is 1. The van der Waals surface area contributed by atoms with E-state index < -0.39 is 23.5 Å². The number of nitrogens with one attached hydrogen (secondary N) is 2. The van der Waals surface area contributed by atoms with Crippen LogP contribution in [0.4, 0.5) is 4.79 Å². The fraction of sp³-hybridized carbons (Fsp3) is 0.750. The molecule has 1 aliphatic heterocycles. The Morgan fingerprint density at radius 2 is 2.05 bits per heavy atom. The molecule has 2 atom stereocenters. The Bertz CT molecular complexity index is 401. The minimum atomic E-state index is -1.19. The van der Waals surface area contributed by atoms with Gasteiger partial charge >= 0.3 is 12.0 Å². The van der Waals surface area contributed by atoms with Crippen molar-refractivity contribution >= 4 is 17.9 Å². The van der Waals surface area contributed by atoms with Crippen LogP contribution in [-0.2, 0) is 9.59 Å². The highest BCUT2D eigenvalue weighted by Gasteiger charge is 2.42. The maximum absolute atomic E-state index is 12.0. The molecule has 1 fully saturated rings. The third-order valence-corrected chi connectivity index (χ3v) is 3.55. The van der Waals surface area contributed by atoms with Gasteiger partial charge in [0.25, 0.3) is 0 Å². The first-order chi connectivity index (χ1) is 9.34. The zero-order valence-electron chi connectivity index (χ0n) is 11.7.